The Bertz CT molecular complexity index is 1130. The topological polar surface area (TPSA) is 171 Å². The molecule has 0 radical (unpaired) electrons. The van der Waals surface area contributed by atoms with Gasteiger partial charge in [0.25, 0.3) is 0 Å². The first-order chi connectivity index (χ1) is 12.1. The second kappa shape index (κ2) is 5.86. The minimum absolute atomic E-state index is 0.00231. The second-order valence-electron chi connectivity index (χ2n) is 5.41. The summed E-state index contributed by atoms with van der Waals surface area (Å²) in [7, 11) is -4.21. The SMILES string of the molecule is Nc1nc(C2=CC(=O)c3c(cccc3S(N)(=O)=O)C2=O)ccc1C(=O)O. The number of ketones is 2. The lowest BCUT2D eigenvalue weighted by molar-refractivity contribution is 0.0697. The van der Waals surface area contributed by atoms with Crippen LogP contribution in [0.25, 0.3) is 5.57 Å². The number of hydrogen-bond donors (Lipinski definition) is 3. The molecule has 10 heteroatoms. The molecule has 1 aliphatic carbocycles. The van der Waals surface area contributed by atoms with Gasteiger partial charge < -0.3 is 10.8 Å². The van der Waals surface area contributed by atoms with Gasteiger partial charge in [-0.05, 0) is 24.3 Å². The van der Waals surface area contributed by atoms with E-state index in [0.29, 0.717) is 0 Å². The monoisotopic (exact) mass is 373 g/mol. The summed E-state index contributed by atoms with van der Waals surface area (Å²) in [5, 5.41) is 14.1. The number of fused-ring (bicyclic) bond motifs is 1. The zero-order valence-electron chi connectivity index (χ0n) is 13.0. The van der Waals surface area contributed by atoms with E-state index < -0.39 is 32.5 Å². The van der Waals surface area contributed by atoms with Crippen molar-refractivity contribution in [1.82, 2.24) is 4.98 Å². The molecule has 1 aromatic heterocycles. The van der Waals surface area contributed by atoms with Gasteiger partial charge >= 0.3 is 5.97 Å². The molecule has 0 amide bonds. The number of nitrogens with zero attached hydrogens (tertiary/aromatic N) is 1. The van der Waals surface area contributed by atoms with Crippen molar-refractivity contribution >= 4 is 39.0 Å². The molecule has 1 aromatic carbocycles. The number of sulfonamides is 1. The number of aromatic nitrogens is 1. The maximum atomic E-state index is 12.7. The van der Waals surface area contributed by atoms with Gasteiger partial charge in [0, 0.05) is 5.56 Å². The molecule has 0 saturated carbocycles. The van der Waals surface area contributed by atoms with E-state index in [2.05, 4.69) is 4.98 Å². The van der Waals surface area contributed by atoms with Crippen molar-refractivity contribution < 1.29 is 27.9 Å². The van der Waals surface area contributed by atoms with Gasteiger partial charge in [0.15, 0.2) is 11.6 Å². The number of pyridine rings is 1. The molecule has 132 valence electrons. The molecule has 3 rings (SSSR count). The van der Waals surface area contributed by atoms with Crippen molar-refractivity contribution in [1.29, 1.82) is 0 Å². The van der Waals surface area contributed by atoms with E-state index in [-0.39, 0.29) is 33.8 Å². The number of allylic oxidation sites excluding steroid dienone is 2. The van der Waals surface area contributed by atoms with Gasteiger partial charge in [-0.1, -0.05) is 12.1 Å². The normalized spacial score (nSPS) is 14.0. The molecule has 0 fully saturated rings. The quantitative estimate of drug-likeness (QED) is 0.697. The number of anilines is 1. The summed E-state index contributed by atoms with van der Waals surface area (Å²) < 4.78 is 23.3. The molecule has 0 aliphatic heterocycles. The summed E-state index contributed by atoms with van der Waals surface area (Å²) >= 11 is 0. The van der Waals surface area contributed by atoms with Crippen LogP contribution in [0.1, 0.15) is 36.8 Å². The average molecular weight is 373 g/mol. The number of aromatic carboxylic acids is 1. The number of rotatable bonds is 3. The molecule has 5 N–H and O–H groups in total. The lowest BCUT2D eigenvalue weighted by Crippen LogP contribution is -2.23. The predicted octanol–water partition coefficient (Wildman–Crippen LogP) is 0.472. The van der Waals surface area contributed by atoms with Gasteiger partial charge in [0.1, 0.15) is 11.4 Å². The van der Waals surface area contributed by atoms with E-state index in [1.807, 2.05) is 0 Å². The number of carbonyl (C=O) groups is 3. The van der Waals surface area contributed by atoms with E-state index in [0.717, 1.165) is 18.2 Å². The highest BCUT2D eigenvalue weighted by Crippen LogP contribution is 2.31. The highest BCUT2D eigenvalue weighted by Gasteiger charge is 2.32. The van der Waals surface area contributed by atoms with Gasteiger partial charge in [-0.25, -0.2) is 23.3 Å². The molecule has 1 heterocycles. The number of carbonyl (C=O) groups excluding carboxylic acids is 2. The largest absolute Gasteiger partial charge is 0.478 e. The Balaban J connectivity index is 2.17. The molecule has 0 spiro atoms. The van der Waals surface area contributed by atoms with Crippen LogP contribution in [0, 0.1) is 0 Å². The van der Waals surface area contributed by atoms with Gasteiger partial charge in [-0.15, -0.1) is 0 Å². The first kappa shape index (κ1) is 17.5. The van der Waals surface area contributed by atoms with E-state index in [4.69, 9.17) is 16.0 Å². The van der Waals surface area contributed by atoms with Crippen molar-refractivity contribution in [2.24, 2.45) is 5.14 Å². The fourth-order valence-electron chi connectivity index (χ4n) is 2.62. The van der Waals surface area contributed by atoms with Crippen LogP contribution < -0.4 is 10.9 Å². The summed E-state index contributed by atoms with van der Waals surface area (Å²) in [6.07, 6.45) is 0.932. The van der Waals surface area contributed by atoms with E-state index in [1.165, 1.54) is 18.2 Å². The van der Waals surface area contributed by atoms with Crippen LogP contribution in [0.15, 0.2) is 41.3 Å². The highest BCUT2D eigenvalue weighted by molar-refractivity contribution is 7.89. The van der Waals surface area contributed by atoms with E-state index in [1.54, 1.807) is 0 Å². The van der Waals surface area contributed by atoms with Gasteiger partial charge in [0.2, 0.25) is 10.0 Å². The molecule has 0 saturated heterocycles. The Morgan fingerprint density at radius 1 is 1.12 bits per heavy atom. The number of benzene rings is 1. The van der Waals surface area contributed by atoms with Crippen molar-refractivity contribution in [2.75, 3.05) is 5.73 Å². The molecule has 9 nitrogen and oxygen atoms in total. The zero-order chi connectivity index (χ0) is 19.2. The minimum atomic E-state index is -4.21. The smallest absolute Gasteiger partial charge is 0.339 e. The number of nitrogens with two attached hydrogens (primary N) is 2. The molecular formula is C16H11N3O6S. The van der Waals surface area contributed by atoms with E-state index >= 15 is 0 Å². The number of nitrogen functional groups attached to an aromatic ring is 1. The molecule has 1 aliphatic rings. The Labute approximate surface area is 147 Å². The minimum Gasteiger partial charge on any atom is -0.478 e. The summed E-state index contributed by atoms with van der Waals surface area (Å²) in [6.45, 7) is 0. The highest BCUT2D eigenvalue weighted by atomic mass is 32.2. The van der Waals surface area contributed by atoms with Crippen molar-refractivity contribution in [3.63, 3.8) is 0 Å². The number of hydrogen-bond acceptors (Lipinski definition) is 7. The van der Waals surface area contributed by atoms with Crippen LogP contribution in [0.4, 0.5) is 5.82 Å². The standard InChI is InChI=1S/C16H11N3O6S/c17-15-8(16(22)23)4-5-10(19-15)9-6-11(20)13-7(14(9)21)2-1-3-12(13)26(18,24)25/h1-6H,(H2,17,19)(H,22,23)(H2,18,24,25). The molecule has 0 atom stereocenters. The number of primary sulfonamides is 1. The number of carboxylic acids is 1. The lowest BCUT2D eigenvalue weighted by Gasteiger charge is -2.17. The molecule has 0 bridgehead atoms. The van der Waals surface area contributed by atoms with Gasteiger partial charge in [-0.2, -0.15) is 0 Å². The number of carboxylic acid groups (broad SMARTS) is 1. The van der Waals surface area contributed by atoms with Crippen LogP contribution in [-0.2, 0) is 10.0 Å². The van der Waals surface area contributed by atoms with Crippen LogP contribution in [0.3, 0.4) is 0 Å². The molecule has 0 unspecified atom stereocenters. The third-order valence-corrected chi connectivity index (χ3v) is 4.73. The van der Waals surface area contributed by atoms with Crippen LogP contribution in [-0.4, -0.2) is 36.0 Å². The van der Waals surface area contributed by atoms with Gasteiger partial charge in [0.05, 0.1) is 21.7 Å². The Kier molecular flexibility index (Phi) is 3.93. The van der Waals surface area contributed by atoms with E-state index in [9.17, 15) is 22.8 Å². The van der Waals surface area contributed by atoms with Crippen molar-refractivity contribution in [3.05, 3.63) is 58.8 Å². The Morgan fingerprint density at radius 2 is 1.81 bits per heavy atom. The van der Waals surface area contributed by atoms with Crippen LogP contribution in [0.2, 0.25) is 0 Å². The zero-order valence-corrected chi connectivity index (χ0v) is 13.8. The maximum absolute atomic E-state index is 12.7. The van der Waals surface area contributed by atoms with Crippen molar-refractivity contribution in [3.8, 4) is 0 Å². The van der Waals surface area contributed by atoms with Crippen molar-refractivity contribution in [2.45, 2.75) is 4.90 Å². The summed E-state index contributed by atoms with van der Waals surface area (Å²) in [4.78, 5) is 39.6. The summed E-state index contributed by atoms with van der Waals surface area (Å²) in [6, 6.07) is 6.13. The van der Waals surface area contributed by atoms with Gasteiger partial charge in [-0.3, -0.25) is 9.59 Å². The third-order valence-electron chi connectivity index (χ3n) is 3.77. The predicted molar refractivity (Wildman–Crippen MR) is 90.1 cm³/mol. The Hall–Kier alpha value is -3.37. The lowest BCUT2D eigenvalue weighted by atomic mass is 9.88. The fraction of sp³-hybridized carbons (Fsp3) is 0. The average Bonchev–Trinajstić information content (AvgIpc) is 2.56. The summed E-state index contributed by atoms with van der Waals surface area (Å²) in [5.74, 6) is -2.99. The van der Waals surface area contributed by atoms with Crippen LogP contribution in [0.5, 0.6) is 0 Å². The molecular weight excluding hydrogens is 362 g/mol. The van der Waals surface area contributed by atoms with Crippen LogP contribution >= 0.6 is 0 Å². The molecule has 2 aromatic rings. The number of Topliss-reactive ketones (excluding diaryl/α,β-unsaturated/α-hetero) is 1. The summed E-state index contributed by atoms with van der Waals surface area (Å²) in [5.41, 5.74) is 4.75. The molecule has 26 heavy (non-hydrogen) atoms. The Morgan fingerprint density at radius 3 is 2.38 bits per heavy atom. The second-order valence-corrected chi connectivity index (χ2v) is 6.94. The first-order valence-corrected chi connectivity index (χ1v) is 8.62. The third kappa shape index (κ3) is 2.76. The first-order valence-electron chi connectivity index (χ1n) is 7.08. The fourth-order valence-corrected chi connectivity index (χ4v) is 3.38. The maximum Gasteiger partial charge on any atom is 0.339 e.